The molecule has 78 valence electrons. The minimum Gasteiger partial charge on any atom is -0.376 e. The molecule has 0 aliphatic carbocycles. The Balaban J connectivity index is 2.99. The molecule has 0 unspecified atom stereocenters. The third-order valence-corrected chi connectivity index (χ3v) is 1.91. The number of benzene rings is 1. The smallest absolute Gasteiger partial charge is 0.150 e. The Morgan fingerprint density at radius 1 is 1.47 bits per heavy atom. The summed E-state index contributed by atoms with van der Waals surface area (Å²) in [6.45, 7) is 3.73. The Kier molecular flexibility index (Phi) is 3.81. The average molecular weight is 273 g/mol. The number of rotatable bonds is 3. The molecule has 1 aromatic rings. The number of hydrogen-bond donors (Lipinski definition) is 1. The van der Waals surface area contributed by atoms with Crippen LogP contribution in [0.3, 0.4) is 0 Å². The van der Waals surface area contributed by atoms with Crippen LogP contribution < -0.4 is 5.32 Å². The van der Waals surface area contributed by atoms with Gasteiger partial charge in [0.15, 0.2) is 11.6 Å². The Morgan fingerprint density at radius 3 is 2.40 bits per heavy atom. The fraction of sp³-hybridized carbons (Fsp3) is 0.100. The molecule has 0 saturated carbocycles. The van der Waals surface area contributed by atoms with Crippen LogP contribution >= 0.6 is 15.9 Å². The first-order valence-electron chi connectivity index (χ1n) is 4.01. The largest absolute Gasteiger partial charge is 0.376 e. The van der Waals surface area contributed by atoms with Gasteiger partial charge < -0.3 is 5.32 Å². The van der Waals surface area contributed by atoms with Crippen molar-refractivity contribution in [2.75, 3.05) is 11.9 Å². The molecule has 5 heteroatoms. The Labute approximate surface area is 94.3 Å². The van der Waals surface area contributed by atoms with Crippen molar-refractivity contribution in [3.63, 3.8) is 0 Å². The summed E-state index contributed by atoms with van der Waals surface area (Å²) < 4.78 is 27.1. The molecule has 1 rings (SSSR count). The molecule has 0 fully saturated rings. The Hall–Kier alpha value is -1.41. The molecular formula is C10H7BrF2N2. The lowest BCUT2D eigenvalue weighted by Crippen LogP contribution is -2.05. The number of anilines is 1. The van der Waals surface area contributed by atoms with E-state index in [9.17, 15) is 8.78 Å². The summed E-state index contributed by atoms with van der Waals surface area (Å²) in [5, 5.41) is 11.0. The maximum absolute atomic E-state index is 13.2. The van der Waals surface area contributed by atoms with E-state index in [1.807, 2.05) is 0 Å². The van der Waals surface area contributed by atoms with Gasteiger partial charge in [0.1, 0.15) is 5.69 Å². The van der Waals surface area contributed by atoms with Crippen LogP contribution in [-0.2, 0) is 0 Å². The van der Waals surface area contributed by atoms with Gasteiger partial charge in [-0.15, -0.1) is 0 Å². The van der Waals surface area contributed by atoms with E-state index in [4.69, 9.17) is 5.26 Å². The fourth-order valence-corrected chi connectivity index (χ4v) is 1.13. The summed E-state index contributed by atoms with van der Waals surface area (Å²) in [5.74, 6) is -1.58. The highest BCUT2D eigenvalue weighted by Gasteiger charge is 2.10. The van der Waals surface area contributed by atoms with E-state index in [1.165, 1.54) is 0 Å². The van der Waals surface area contributed by atoms with Crippen LogP contribution in [0.1, 0.15) is 5.56 Å². The van der Waals surface area contributed by atoms with Crippen molar-refractivity contribution in [1.82, 2.24) is 0 Å². The van der Waals surface area contributed by atoms with E-state index in [-0.39, 0.29) is 17.8 Å². The van der Waals surface area contributed by atoms with E-state index in [2.05, 4.69) is 27.8 Å². The maximum Gasteiger partial charge on any atom is 0.150 e. The van der Waals surface area contributed by atoms with E-state index in [0.717, 1.165) is 12.1 Å². The minimum atomic E-state index is -0.791. The molecule has 2 nitrogen and oxygen atoms in total. The van der Waals surface area contributed by atoms with Crippen molar-refractivity contribution < 1.29 is 8.78 Å². The predicted octanol–water partition coefficient (Wildman–Crippen LogP) is 3.16. The topological polar surface area (TPSA) is 35.8 Å². The van der Waals surface area contributed by atoms with Gasteiger partial charge in [0.05, 0.1) is 11.6 Å². The summed E-state index contributed by atoms with van der Waals surface area (Å²) in [6.07, 6.45) is 0. The monoisotopic (exact) mass is 272 g/mol. The number of halogens is 3. The highest BCUT2D eigenvalue weighted by molar-refractivity contribution is 9.11. The van der Waals surface area contributed by atoms with Gasteiger partial charge in [0.2, 0.25) is 0 Å². The summed E-state index contributed by atoms with van der Waals surface area (Å²) in [7, 11) is 0. The van der Waals surface area contributed by atoms with Crippen LogP contribution in [0.2, 0.25) is 0 Å². The normalized spacial score (nSPS) is 9.47. The van der Waals surface area contributed by atoms with E-state index in [1.54, 1.807) is 6.07 Å². The van der Waals surface area contributed by atoms with Gasteiger partial charge in [-0.1, -0.05) is 22.5 Å². The van der Waals surface area contributed by atoms with Gasteiger partial charge in [-0.2, -0.15) is 5.26 Å². The molecular weight excluding hydrogens is 266 g/mol. The number of nitrogens with one attached hydrogen (secondary N) is 1. The van der Waals surface area contributed by atoms with Crippen molar-refractivity contribution in [3.8, 4) is 6.07 Å². The van der Waals surface area contributed by atoms with Crippen molar-refractivity contribution in [3.05, 3.63) is 40.4 Å². The van der Waals surface area contributed by atoms with Crippen LogP contribution in [0.25, 0.3) is 0 Å². The zero-order chi connectivity index (χ0) is 11.4. The van der Waals surface area contributed by atoms with Crippen LogP contribution in [0.15, 0.2) is 23.2 Å². The molecule has 0 spiro atoms. The number of hydrogen-bond acceptors (Lipinski definition) is 2. The lowest BCUT2D eigenvalue weighted by Gasteiger charge is -2.07. The molecule has 0 aliphatic heterocycles. The average Bonchev–Trinajstić information content (AvgIpc) is 2.15. The van der Waals surface area contributed by atoms with Gasteiger partial charge in [-0.05, 0) is 12.1 Å². The van der Waals surface area contributed by atoms with Gasteiger partial charge >= 0.3 is 0 Å². The lowest BCUT2D eigenvalue weighted by molar-refractivity contribution is 0.588. The zero-order valence-electron chi connectivity index (χ0n) is 7.65. The number of nitrogens with zero attached hydrogens (tertiary/aromatic N) is 1. The standard InChI is InChI=1S/C10H7BrF2N2/c1-6(11)5-15-10-8(12)2-7(4-14)3-9(10)13/h2-3,15H,1,5H2. The van der Waals surface area contributed by atoms with E-state index >= 15 is 0 Å². The van der Waals surface area contributed by atoms with Gasteiger partial charge in [0.25, 0.3) is 0 Å². The molecule has 1 aromatic carbocycles. The second-order valence-corrected chi connectivity index (χ2v) is 3.92. The second-order valence-electron chi connectivity index (χ2n) is 2.80. The van der Waals surface area contributed by atoms with E-state index in [0.29, 0.717) is 4.48 Å². The molecule has 0 aliphatic rings. The van der Waals surface area contributed by atoms with Crippen molar-refractivity contribution in [2.45, 2.75) is 0 Å². The number of nitriles is 1. The molecule has 0 heterocycles. The predicted molar refractivity (Wildman–Crippen MR) is 57.6 cm³/mol. The molecule has 15 heavy (non-hydrogen) atoms. The van der Waals surface area contributed by atoms with Gasteiger partial charge in [-0.25, -0.2) is 8.78 Å². The van der Waals surface area contributed by atoms with E-state index < -0.39 is 11.6 Å². The SMILES string of the molecule is C=C(Br)CNc1c(F)cc(C#N)cc1F. The quantitative estimate of drug-likeness (QED) is 0.918. The molecule has 0 amide bonds. The van der Waals surface area contributed by atoms with Crippen molar-refractivity contribution in [2.24, 2.45) is 0 Å². The molecule has 0 aromatic heterocycles. The Morgan fingerprint density at radius 2 is 2.00 bits per heavy atom. The molecule has 0 radical (unpaired) electrons. The van der Waals surface area contributed by atoms with Gasteiger partial charge in [-0.3, -0.25) is 0 Å². The molecule has 1 N–H and O–H groups in total. The first kappa shape index (κ1) is 11.7. The van der Waals surface area contributed by atoms with Gasteiger partial charge in [0, 0.05) is 11.0 Å². The Bertz CT molecular complexity index is 415. The van der Waals surface area contributed by atoms with Crippen LogP contribution in [0.5, 0.6) is 0 Å². The summed E-state index contributed by atoms with van der Waals surface area (Å²) in [5.41, 5.74) is -0.303. The highest BCUT2D eigenvalue weighted by atomic mass is 79.9. The first-order chi connectivity index (χ1) is 7.04. The maximum atomic E-state index is 13.2. The van der Waals surface area contributed by atoms with Crippen LogP contribution in [-0.4, -0.2) is 6.54 Å². The third-order valence-electron chi connectivity index (χ3n) is 1.63. The lowest BCUT2D eigenvalue weighted by atomic mass is 10.2. The minimum absolute atomic E-state index is 0.0479. The zero-order valence-corrected chi connectivity index (χ0v) is 9.24. The summed E-state index contributed by atoms with van der Waals surface area (Å²) in [4.78, 5) is 0. The van der Waals surface area contributed by atoms with Crippen molar-refractivity contribution >= 4 is 21.6 Å². The van der Waals surface area contributed by atoms with Crippen LogP contribution in [0.4, 0.5) is 14.5 Å². The highest BCUT2D eigenvalue weighted by Crippen LogP contribution is 2.21. The summed E-state index contributed by atoms with van der Waals surface area (Å²) in [6, 6.07) is 3.62. The summed E-state index contributed by atoms with van der Waals surface area (Å²) >= 11 is 3.05. The fourth-order valence-electron chi connectivity index (χ4n) is 0.991. The molecule has 0 bridgehead atoms. The van der Waals surface area contributed by atoms with Crippen LogP contribution in [0, 0.1) is 23.0 Å². The third kappa shape index (κ3) is 3.03. The first-order valence-corrected chi connectivity index (χ1v) is 4.80. The van der Waals surface area contributed by atoms with Crippen molar-refractivity contribution in [1.29, 1.82) is 5.26 Å². The molecule has 0 atom stereocenters. The molecule has 0 saturated heterocycles. The second kappa shape index (κ2) is 4.89.